The highest BCUT2D eigenvalue weighted by Gasteiger charge is 2.25. The van der Waals surface area contributed by atoms with E-state index in [-0.39, 0.29) is 0 Å². The maximum atomic E-state index is 4.90. The van der Waals surface area contributed by atoms with Crippen LogP contribution in [0.4, 0.5) is 0 Å². The molecule has 0 N–H and O–H groups in total. The van der Waals surface area contributed by atoms with E-state index in [1.54, 1.807) is 24.8 Å². The van der Waals surface area contributed by atoms with Gasteiger partial charge in [-0.05, 0) is 118 Å². The van der Waals surface area contributed by atoms with E-state index < -0.39 is 0 Å². The Hall–Kier alpha value is -7.57. The summed E-state index contributed by atoms with van der Waals surface area (Å²) in [7, 11) is 0. The van der Waals surface area contributed by atoms with Crippen molar-refractivity contribution in [3.63, 3.8) is 0 Å². The van der Waals surface area contributed by atoms with Crippen molar-refractivity contribution in [2.24, 2.45) is 0 Å². The molecule has 0 aliphatic heterocycles. The van der Waals surface area contributed by atoms with Gasteiger partial charge in [0.25, 0.3) is 0 Å². The minimum Gasteiger partial charge on any atom is -0.309 e. The number of rotatable bonds is 7. The Morgan fingerprint density at radius 2 is 1.02 bits per heavy atom. The number of benzene rings is 6. The summed E-state index contributed by atoms with van der Waals surface area (Å²) in [6, 6.07) is 58.8. The molecule has 4 heterocycles. The predicted molar refractivity (Wildman–Crippen MR) is 234 cm³/mol. The first-order valence-electron chi connectivity index (χ1n) is 19.7. The molecule has 0 bridgehead atoms. The molecule has 0 saturated carbocycles. The van der Waals surface area contributed by atoms with E-state index in [0.717, 1.165) is 29.5 Å². The molecule has 6 heteroatoms. The average Bonchev–Trinajstić information content (AvgIpc) is 3.64. The van der Waals surface area contributed by atoms with Crippen molar-refractivity contribution in [1.82, 2.24) is 29.5 Å². The molecule has 10 aromatic rings. The van der Waals surface area contributed by atoms with Crippen LogP contribution in [0.1, 0.15) is 22.6 Å². The number of hydrogen-bond donors (Lipinski definition) is 0. The van der Waals surface area contributed by atoms with Gasteiger partial charge in [-0.2, -0.15) is 0 Å². The van der Waals surface area contributed by atoms with Crippen molar-refractivity contribution in [1.29, 1.82) is 0 Å². The van der Waals surface area contributed by atoms with Gasteiger partial charge in [0.15, 0.2) is 17.5 Å². The van der Waals surface area contributed by atoms with Crippen LogP contribution < -0.4 is 0 Å². The lowest BCUT2D eigenvalue weighted by Gasteiger charge is -2.28. The van der Waals surface area contributed by atoms with Crippen LogP contribution >= 0.6 is 0 Å². The SMILES string of the molecule is c1ccc(-n2c3ccccc3c3cc(-c4ccc5c(c4)-c4ccccc4C(Cc4ccc(-c6nc(-c7ccncc7)nc(-c7ccncc7)n6)cc4)C5)ccc32)cc1. The van der Waals surface area contributed by atoms with Crippen molar-refractivity contribution >= 4 is 21.8 Å². The summed E-state index contributed by atoms with van der Waals surface area (Å²) in [6.45, 7) is 0. The highest BCUT2D eigenvalue weighted by molar-refractivity contribution is 6.10. The number of fused-ring (bicyclic) bond motifs is 6. The van der Waals surface area contributed by atoms with Crippen LogP contribution in [-0.2, 0) is 12.8 Å². The van der Waals surface area contributed by atoms with E-state index in [0.29, 0.717) is 23.4 Å². The van der Waals surface area contributed by atoms with Gasteiger partial charge in [-0.25, -0.2) is 15.0 Å². The molecule has 11 rings (SSSR count). The summed E-state index contributed by atoms with van der Waals surface area (Å²) in [6.07, 6.45) is 8.94. The summed E-state index contributed by atoms with van der Waals surface area (Å²) >= 11 is 0. The normalized spacial score (nSPS) is 13.3. The molecule has 1 atom stereocenters. The molecule has 274 valence electrons. The van der Waals surface area contributed by atoms with Gasteiger partial charge < -0.3 is 4.57 Å². The molecule has 0 amide bonds. The topological polar surface area (TPSA) is 69.4 Å². The Labute approximate surface area is 336 Å². The molecule has 4 aromatic heterocycles. The minimum atomic E-state index is 0.356. The third-order valence-corrected chi connectivity index (χ3v) is 11.5. The zero-order chi connectivity index (χ0) is 38.4. The zero-order valence-corrected chi connectivity index (χ0v) is 31.6. The highest BCUT2D eigenvalue weighted by atomic mass is 15.0. The Morgan fingerprint density at radius 3 is 1.74 bits per heavy atom. The average molecular weight is 745 g/mol. The first kappa shape index (κ1) is 33.7. The molecule has 1 aliphatic rings. The lowest BCUT2D eigenvalue weighted by atomic mass is 9.75. The van der Waals surface area contributed by atoms with E-state index in [1.165, 1.54) is 66.4 Å². The second-order valence-corrected chi connectivity index (χ2v) is 15.0. The summed E-state index contributed by atoms with van der Waals surface area (Å²) in [5.41, 5.74) is 15.5. The van der Waals surface area contributed by atoms with Crippen LogP contribution in [0, 0.1) is 0 Å². The third-order valence-electron chi connectivity index (χ3n) is 11.5. The Balaban J connectivity index is 0.898. The van der Waals surface area contributed by atoms with Crippen LogP contribution in [0.25, 0.3) is 83.9 Å². The van der Waals surface area contributed by atoms with Crippen molar-refractivity contribution in [3.8, 4) is 62.1 Å². The molecule has 6 aromatic carbocycles. The summed E-state index contributed by atoms with van der Waals surface area (Å²) in [4.78, 5) is 23.0. The van der Waals surface area contributed by atoms with Gasteiger partial charge in [0, 0.05) is 57.9 Å². The second-order valence-electron chi connectivity index (χ2n) is 15.0. The molecular formula is C52H36N6. The second kappa shape index (κ2) is 14.2. The lowest BCUT2D eigenvalue weighted by molar-refractivity contribution is 0.673. The summed E-state index contributed by atoms with van der Waals surface area (Å²) < 4.78 is 2.37. The maximum absolute atomic E-state index is 4.90. The van der Waals surface area contributed by atoms with Crippen molar-refractivity contribution in [2.75, 3.05) is 0 Å². The lowest BCUT2D eigenvalue weighted by Crippen LogP contribution is -2.14. The number of pyridine rings is 2. The van der Waals surface area contributed by atoms with Gasteiger partial charge in [0.1, 0.15) is 0 Å². The maximum Gasteiger partial charge on any atom is 0.164 e. The van der Waals surface area contributed by atoms with Crippen LogP contribution in [0.3, 0.4) is 0 Å². The zero-order valence-electron chi connectivity index (χ0n) is 31.6. The van der Waals surface area contributed by atoms with E-state index in [2.05, 4.69) is 154 Å². The van der Waals surface area contributed by atoms with E-state index >= 15 is 0 Å². The fourth-order valence-electron chi connectivity index (χ4n) is 8.69. The van der Waals surface area contributed by atoms with E-state index in [4.69, 9.17) is 15.0 Å². The quantitative estimate of drug-likeness (QED) is 0.162. The Kier molecular flexibility index (Phi) is 8.25. The largest absolute Gasteiger partial charge is 0.309 e. The molecule has 1 unspecified atom stereocenters. The Bertz CT molecular complexity index is 3050. The minimum absolute atomic E-state index is 0.356. The number of hydrogen-bond acceptors (Lipinski definition) is 5. The van der Waals surface area contributed by atoms with Crippen LogP contribution in [0.2, 0.25) is 0 Å². The van der Waals surface area contributed by atoms with Gasteiger partial charge in [0.05, 0.1) is 11.0 Å². The Morgan fingerprint density at radius 1 is 0.448 bits per heavy atom. The molecule has 6 nitrogen and oxygen atoms in total. The number of aromatic nitrogens is 6. The molecular weight excluding hydrogens is 709 g/mol. The monoisotopic (exact) mass is 744 g/mol. The highest BCUT2D eigenvalue weighted by Crippen LogP contribution is 2.43. The first-order chi connectivity index (χ1) is 28.7. The van der Waals surface area contributed by atoms with E-state index in [1.807, 2.05) is 24.3 Å². The molecule has 0 radical (unpaired) electrons. The van der Waals surface area contributed by atoms with Gasteiger partial charge in [-0.3, -0.25) is 9.97 Å². The van der Waals surface area contributed by atoms with Gasteiger partial charge in [-0.15, -0.1) is 0 Å². The number of nitrogens with zero attached hydrogens (tertiary/aromatic N) is 6. The molecule has 0 fully saturated rings. The predicted octanol–water partition coefficient (Wildman–Crippen LogP) is 12.0. The first-order valence-corrected chi connectivity index (χ1v) is 19.7. The van der Waals surface area contributed by atoms with Crippen LogP contribution in [-0.4, -0.2) is 29.5 Å². The molecule has 0 spiro atoms. The van der Waals surface area contributed by atoms with E-state index in [9.17, 15) is 0 Å². The van der Waals surface area contributed by atoms with Gasteiger partial charge in [-0.1, -0.05) is 103 Å². The fraction of sp³-hybridized carbons (Fsp3) is 0.0577. The van der Waals surface area contributed by atoms with Crippen molar-refractivity contribution < 1.29 is 0 Å². The third kappa shape index (κ3) is 6.03. The van der Waals surface area contributed by atoms with Crippen LogP contribution in [0.5, 0.6) is 0 Å². The van der Waals surface area contributed by atoms with Gasteiger partial charge in [0.2, 0.25) is 0 Å². The van der Waals surface area contributed by atoms with Crippen molar-refractivity contribution in [2.45, 2.75) is 18.8 Å². The van der Waals surface area contributed by atoms with Crippen molar-refractivity contribution in [3.05, 3.63) is 205 Å². The smallest absolute Gasteiger partial charge is 0.164 e. The fourth-order valence-corrected chi connectivity index (χ4v) is 8.69. The molecule has 0 saturated heterocycles. The van der Waals surface area contributed by atoms with Crippen LogP contribution in [0.15, 0.2) is 189 Å². The molecule has 58 heavy (non-hydrogen) atoms. The van der Waals surface area contributed by atoms with Gasteiger partial charge >= 0.3 is 0 Å². The summed E-state index contributed by atoms with van der Waals surface area (Å²) in [5, 5.41) is 2.53. The number of para-hydroxylation sites is 2. The summed E-state index contributed by atoms with van der Waals surface area (Å²) in [5.74, 6) is 2.21. The molecule has 1 aliphatic carbocycles. The standard InChI is InChI=1S/C52H36N6/c1-2-8-42(9-3-1)58-48-13-7-6-12-45(48)47-33-39(20-21-49(47)58)38-18-19-40-31-41(43-10-4-5-11-44(43)46(40)32-38)30-34-14-16-35(17-15-34)50-55-51(36-22-26-53-27-23-36)57-52(56-50)37-24-28-54-29-25-37/h1-29,32-33,41H,30-31H2.